The summed E-state index contributed by atoms with van der Waals surface area (Å²) < 4.78 is 20.4. The van der Waals surface area contributed by atoms with Gasteiger partial charge in [-0.25, -0.2) is 19.8 Å². The van der Waals surface area contributed by atoms with Crippen LogP contribution in [0.25, 0.3) is 0 Å². The van der Waals surface area contributed by atoms with Crippen molar-refractivity contribution < 1.29 is 14.2 Å². The lowest BCUT2D eigenvalue weighted by Gasteiger charge is -2.36. The van der Waals surface area contributed by atoms with Gasteiger partial charge in [-0.15, -0.1) is 0 Å². The van der Waals surface area contributed by atoms with Gasteiger partial charge in [0.15, 0.2) is 0 Å². The molecular formula is C20H33FN6O2. The first-order valence-electron chi connectivity index (χ1n) is 10.8. The summed E-state index contributed by atoms with van der Waals surface area (Å²) in [6.07, 6.45) is 1.47. The van der Waals surface area contributed by atoms with E-state index in [1.54, 1.807) is 6.33 Å². The number of ether oxygens (including phenoxy) is 1. The van der Waals surface area contributed by atoms with Crippen LogP contribution in [0.5, 0.6) is 0 Å². The second-order valence-electron chi connectivity index (χ2n) is 8.60. The van der Waals surface area contributed by atoms with Gasteiger partial charge in [0, 0.05) is 50.7 Å². The normalized spacial score (nSPS) is 33.3. The topological polar surface area (TPSA) is 85.8 Å². The van der Waals surface area contributed by atoms with E-state index in [0.29, 0.717) is 12.8 Å². The van der Waals surface area contributed by atoms with E-state index in [0.717, 1.165) is 44.2 Å². The lowest BCUT2D eigenvalue weighted by atomic mass is 9.78. The van der Waals surface area contributed by atoms with Crippen molar-refractivity contribution in [1.82, 2.24) is 25.7 Å². The van der Waals surface area contributed by atoms with Crippen molar-refractivity contribution in [2.24, 2.45) is 5.92 Å². The van der Waals surface area contributed by atoms with Crippen LogP contribution in [0.1, 0.15) is 38.4 Å². The molecule has 0 amide bonds. The number of piperazine rings is 1. The molecule has 1 aliphatic carbocycles. The summed E-state index contributed by atoms with van der Waals surface area (Å²) in [7, 11) is 0. The van der Waals surface area contributed by atoms with Crippen molar-refractivity contribution in [3.8, 4) is 0 Å². The highest BCUT2D eigenvalue weighted by Crippen LogP contribution is 2.40. The van der Waals surface area contributed by atoms with Crippen LogP contribution in [0, 0.1) is 5.92 Å². The lowest BCUT2D eigenvalue weighted by molar-refractivity contribution is -0.0708. The number of hydrogen-bond acceptors (Lipinski definition) is 8. The number of halogens is 1. The van der Waals surface area contributed by atoms with Crippen LogP contribution in [0.2, 0.25) is 0 Å². The second kappa shape index (κ2) is 9.18. The predicted molar refractivity (Wildman–Crippen MR) is 108 cm³/mol. The Balaban J connectivity index is 1.44. The molecule has 29 heavy (non-hydrogen) atoms. The number of hydrogen-bond donors (Lipinski definition) is 3. The fraction of sp³-hybridized carbons (Fsp3) is 0.800. The molecule has 1 aromatic rings. The van der Waals surface area contributed by atoms with Gasteiger partial charge in [-0.1, -0.05) is 0 Å². The summed E-state index contributed by atoms with van der Waals surface area (Å²) in [4.78, 5) is 13.6. The Morgan fingerprint density at radius 1 is 1.21 bits per heavy atom. The van der Waals surface area contributed by atoms with Crippen LogP contribution >= 0.6 is 0 Å². The Morgan fingerprint density at radius 3 is 2.72 bits per heavy atom. The molecule has 3 fully saturated rings. The van der Waals surface area contributed by atoms with Crippen molar-refractivity contribution in [2.45, 2.75) is 57.2 Å². The maximum atomic E-state index is 14.5. The third-order valence-electron chi connectivity index (χ3n) is 6.31. The molecule has 3 heterocycles. The summed E-state index contributed by atoms with van der Waals surface area (Å²) in [5.41, 5.74) is 7.56. The molecule has 2 aliphatic heterocycles. The number of aliphatic hydroxyl groups is 1. The molecule has 1 saturated carbocycles. The van der Waals surface area contributed by atoms with E-state index in [4.69, 9.17) is 9.84 Å². The monoisotopic (exact) mass is 408 g/mol. The first kappa shape index (κ1) is 20.9. The summed E-state index contributed by atoms with van der Waals surface area (Å²) >= 11 is 0. The minimum Gasteiger partial charge on any atom is -0.395 e. The average molecular weight is 409 g/mol. The molecule has 1 aromatic heterocycles. The molecule has 0 radical (unpaired) electrons. The highest BCUT2D eigenvalue weighted by atomic mass is 19.1. The average Bonchev–Trinajstić information content (AvgIpc) is 3.11. The van der Waals surface area contributed by atoms with Gasteiger partial charge in [-0.2, -0.15) is 0 Å². The molecule has 9 heteroatoms. The van der Waals surface area contributed by atoms with Crippen LogP contribution < -0.4 is 15.8 Å². The van der Waals surface area contributed by atoms with Crippen LogP contribution in [0.15, 0.2) is 12.4 Å². The van der Waals surface area contributed by atoms with E-state index in [9.17, 15) is 4.39 Å². The van der Waals surface area contributed by atoms with Crippen LogP contribution in [0.3, 0.4) is 0 Å². The van der Waals surface area contributed by atoms with E-state index in [2.05, 4.69) is 36.7 Å². The number of fused-ring (bicyclic) bond motifs is 1. The quantitative estimate of drug-likeness (QED) is 0.633. The number of anilines is 1. The van der Waals surface area contributed by atoms with Crippen molar-refractivity contribution in [3.63, 3.8) is 0 Å². The van der Waals surface area contributed by atoms with Crippen LogP contribution in [-0.2, 0) is 4.74 Å². The fourth-order valence-electron chi connectivity index (χ4n) is 4.82. The summed E-state index contributed by atoms with van der Waals surface area (Å²) in [5.74, 6) is 1.16. The smallest absolute Gasteiger partial charge is 0.132 e. The van der Waals surface area contributed by atoms with Crippen LogP contribution in [0.4, 0.5) is 10.2 Å². The molecule has 0 aromatic carbocycles. The van der Waals surface area contributed by atoms with Crippen molar-refractivity contribution in [2.75, 3.05) is 44.2 Å². The number of alkyl halides is 1. The number of nitrogens with one attached hydrogen (secondary N) is 2. The number of rotatable bonds is 6. The van der Waals surface area contributed by atoms with Gasteiger partial charge in [0.05, 0.1) is 30.6 Å². The van der Waals surface area contributed by atoms with Gasteiger partial charge < -0.3 is 14.7 Å². The summed E-state index contributed by atoms with van der Waals surface area (Å²) in [6, 6.07) is 2.16. The van der Waals surface area contributed by atoms with E-state index in [-0.39, 0.29) is 36.8 Å². The van der Waals surface area contributed by atoms with Gasteiger partial charge in [-0.3, -0.25) is 10.3 Å². The number of aliphatic hydroxyl groups excluding tert-OH is 1. The van der Waals surface area contributed by atoms with E-state index >= 15 is 0 Å². The summed E-state index contributed by atoms with van der Waals surface area (Å²) in [5, 5.41) is 9.12. The maximum Gasteiger partial charge on any atom is 0.132 e. The maximum absolute atomic E-state index is 14.5. The molecule has 5 atom stereocenters. The molecular weight excluding hydrogens is 375 g/mol. The number of hydrazine groups is 1. The van der Waals surface area contributed by atoms with Gasteiger partial charge in [0.2, 0.25) is 0 Å². The zero-order valence-electron chi connectivity index (χ0n) is 17.3. The van der Waals surface area contributed by atoms with E-state index in [1.165, 1.54) is 0 Å². The van der Waals surface area contributed by atoms with Crippen LogP contribution in [-0.4, -0.2) is 83.7 Å². The van der Waals surface area contributed by atoms with E-state index < -0.39 is 6.17 Å². The van der Waals surface area contributed by atoms with Crippen molar-refractivity contribution in [1.29, 1.82) is 0 Å². The van der Waals surface area contributed by atoms with Crippen molar-refractivity contribution in [3.05, 3.63) is 18.1 Å². The Hall–Kier alpha value is -1.39. The first-order chi connectivity index (χ1) is 14.0. The van der Waals surface area contributed by atoms with Gasteiger partial charge in [0.1, 0.15) is 18.3 Å². The van der Waals surface area contributed by atoms with Gasteiger partial charge >= 0.3 is 0 Å². The first-order valence-corrected chi connectivity index (χ1v) is 10.8. The molecule has 3 N–H and O–H groups in total. The largest absolute Gasteiger partial charge is 0.395 e. The number of nitrogens with zero attached hydrogens (tertiary/aromatic N) is 4. The molecule has 0 spiro atoms. The third kappa shape index (κ3) is 4.69. The minimum atomic E-state index is -0.942. The zero-order chi connectivity index (χ0) is 20.4. The molecule has 2 saturated heterocycles. The number of aromatic nitrogens is 2. The zero-order valence-corrected chi connectivity index (χ0v) is 17.3. The molecule has 8 nitrogen and oxygen atoms in total. The highest BCUT2D eigenvalue weighted by molar-refractivity contribution is 5.40. The Bertz CT molecular complexity index is 672. The third-order valence-corrected chi connectivity index (χ3v) is 6.31. The summed E-state index contributed by atoms with van der Waals surface area (Å²) in [6.45, 7) is 8.43. The SMILES string of the molecule is CC(C)OC1CC2C(CC1F)NNC2c1cc(N2CCN(CCO)CC2)ncn1. The number of β-amino-alcohol motifs (C(OH)–C–C–N with tert-alkyl or cyclic N) is 1. The fourth-order valence-corrected chi connectivity index (χ4v) is 4.82. The van der Waals surface area contributed by atoms with Crippen molar-refractivity contribution >= 4 is 5.82 Å². The standard InChI is InChI=1S/C20H33FN6O2/c1-13(2)29-18-9-14-16(10-15(18)21)24-25-20(14)17-11-19(23-12-22-17)27-5-3-26(4-6-27)7-8-28/h11-16,18,20,24-25,28H,3-10H2,1-2H3. The Kier molecular flexibility index (Phi) is 6.60. The lowest BCUT2D eigenvalue weighted by Crippen LogP contribution is -2.47. The Labute approximate surface area is 171 Å². The van der Waals surface area contributed by atoms with E-state index in [1.807, 2.05) is 13.8 Å². The van der Waals surface area contributed by atoms with Gasteiger partial charge in [-0.05, 0) is 26.7 Å². The minimum absolute atomic E-state index is 0.0168. The molecule has 5 unspecified atom stereocenters. The molecule has 4 rings (SSSR count). The second-order valence-corrected chi connectivity index (χ2v) is 8.60. The highest BCUT2D eigenvalue weighted by Gasteiger charge is 2.46. The molecule has 0 bridgehead atoms. The molecule has 162 valence electrons. The predicted octanol–water partition coefficient (Wildman–Crippen LogP) is 0.650. The molecule has 3 aliphatic rings. The Morgan fingerprint density at radius 2 is 2.00 bits per heavy atom. The van der Waals surface area contributed by atoms with Gasteiger partial charge in [0.25, 0.3) is 0 Å².